The van der Waals surface area contributed by atoms with Crippen molar-refractivity contribution in [3.8, 4) is 0 Å². The summed E-state index contributed by atoms with van der Waals surface area (Å²) in [6, 6.07) is -4.94. The van der Waals surface area contributed by atoms with Crippen LogP contribution in [0.25, 0.3) is 0 Å². The molecule has 75 heavy (non-hydrogen) atoms. The molecule has 30 atom stereocenters. The van der Waals surface area contributed by atoms with E-state index in [-0.39, 0.29) is 0 Å². The van der Waals surface area contributed by atoms with Crippen LogP contribution in [0.1, 0.15) is 27.7 Å². The van der Waals surface area contributed by atoms with Crippen LogP contribution in [-0.2, 0) is 66.5 Å². The van der Waals surface area contributed by atoms with Gasteiger partial charge >= 0.3 is 0 Å². The molecule has 6 fully saturated rings. The van der Waals surface area contributed by atoms with E-state index in [1.807, 2.05) is 0 Å². The minimum absolute atomic E-state index is 0.741. The van der Waals surface area contributed by atoms with Gasteiger partial charge in [0, 0.05) is 20.8 Å². The summed E-state index contributed by atoms with van der Waals surface area (Å²) in [5, 5.41) is 179. The van der Waals surface area contributed by atoms with Crippen molar-refractivity contribution in [1.82, 2.24) is 16.0 Å². The van der Waals surface area contributed by atoms with Gasteiger partial charge in [-0.05, 0) is 6.92 Å². The van der Waals surface area contributed by atoms with E-state index in [2.05, 4.69) is 16.0 Å². The largest absolute Gasteiger partial charge is 0.394 e. The lowest BCUT2D eigenvalue weighted by Crippen LogP contribution is -2.71. The molecule has 6 aliphatic rings. The first-order valence-corrected chi connectivity index (χ1v) is 23.9. The smallest absolute Gasteiger partial charge is 0.217 e. The first kappa shape index (κ1) is 61.5. The molecule has 6 saturated heterocycles. The summed E-state index contributed by atoms with van der Waals surface area (Å²) in [6.45, 7) is -0.191. The molecular formula is C42H71N3O30. The van der Waals surface area contributed by atoms with Crippen molar-refractivity contribution in [3.05, 3.63) is 0 Å². The molecular weight excluding hydrogens is 1030 g/mol. The van der Waals surface area contributed by atoms with Gasteiger partial charge in [-0.2, -0.15) is 0 Å². The second-order valence-corrected chi connectivity index (χ2v) is 19.0. The Morgan fingerprint density at radius 3 is 1.32 bits per heavy atom. The second-order valence-electron chi connectivity index (χ2n) is 19.0. The van der Waals surface area contributed by atoms with E-state index in [4.69, 9.17) is 52.1 Å². The summed E-state index contributed by atoms with van der Waals surface area (Å²) >= 11 is 0. The third kappa shape index (κ3) is 13.7. The molecule has 0 bridgehead atoms. The number of nitrogens with one attached hydrogen (secondary N) is 3. The number of aliphatic hydroxyl groups is 16. The molecule has 0 aromatic heterocycles. The zero-order valence-corrected chi connectivity index (χ0v) is 40.7. The van der Waals surface area contributed by atoms with Crippen molar-refractivity contribution in [1.29, 1.82) is 0 Å². The molecule has 6 heterocycles. The third-order valence-corrected chi connectivity index (χ3v) is 13.6. The van der Waals surface area contributed by atoms with Crippen molar-refractivity contribution >= 4 is 17.7 Å². The SMILES string of the molecule is CC(=O)N[C@@H]1[C@@H](O[C@H]2O[C@H](C)[C@H](O)[C@H](O)[C@H]2O)[C@H](O[C@@H]2O[C@H](CO)[C@@H](O[C@H]3O[C@H](CO[C@H]4O[C@H](CO)[C@@H](O)[C@H](O)[C@@H]4O[C@@H]4O[C@H](CO)[C@@H](O)[C@H](O)[C@H]4NC(C)=O)[C@@H](O)[C@H](O)[C@@H]3O)[C@H](O)[C@H]2NC(C)=O)[C@@H](CO)O[C@H]1O. The highest BCUT2D eigenvalue weighted by atomic mass is 16.8. The molecule has 0 aliphatic carbocycles. The molecule has 0 aromatic rings. The Labute approximate surface area is 426 Å². The minimum Gasteiger partial charge on any atom is -0.394 e. The average Bonchev–Trinajstić information content (AvgIpc) is 3.36. The zero-order valence-electron chi connectivity index (χ0n) is 40.7. The number of rotatable bonds is 18. The number of amides is 3. The maximum absolute atomic E-state index is 12.7. The van der Waals surface area contributed by atoms with Crippen molar-refractivity contribution in [2.75, 3.05) is 33.0 Å². The van der Waals surface area contributed by atoms with Crippen molar-refractivity contribution < 1.29 is 148 Å². The fourth-order valence-corrected chi connectivity index (χ4v) is 9.54. The van der Waals surface area contributed by atoms with Crippen molar-refractivity contribution in [3.63, 3.8) is 0 Å². The van der Waals surface area contributed by atoms with Crippen LogP contribution >= 0.6 is 0 Å². The number of aliphatic hydroxyl groups excluding tert-OH is 16. The monoisotopic (exact) mass is 1100 g/mol. The van der Waals surface area contributed by atoms with Crippen LogP contribution in [0.2, 0.25) is 0 Å². The van der Waals surface area contributed by atoms with Crippen molar-refractivity contribution in [2.24, 2.45) is 0 Å². The maximum Gasteiger partial charge on any atom is 0.217 e. The van der Waals surface area contributed by atoms with E-state index in [0.29, 0.717) is 0 Å². The fraction of sp³-hybridized carbons (Fsp3) is 0.929. The standard InChI is InChI=1S/C42H71N3O30/c1-10-22(53)28(59)31(62)40(66-10)74-35-21(45-13(4)52)37(64)67-17(8-49)34(35)73-39-20(44-12(3)51)27(58)33(16(7-48)70-39)72-41-32(63)29(60)25(56)18(71-41)9-65-42-36(30(61)24(55)15(6-47)69-42)75-38-19(43-11(2)50)26(57)23(54)14(5-46)68-38/h10,14-42,46-49,53-64H,5-9H2,1-4H3,(H,43,50)(H,44,51)(H,45,52)/t10-,14-,15-,16-,17-,18-,19-,20-,21-,22+,23-,24-,25-,26-,27-,28+,29+,30+,31-,32+,33-,34-,35-,36+,37-,38+,39+,40-,41-,42+/m1/s1. The van der Waals surface area contributed by atoms with Gasteiger partial charge in [-0.1, -0.05) is 0 Å². The fourth-order valence-electron chi connectivity index (χ4n) is 9.54. The first-order chi connectivity index (χ1) is 35.4. The molecule has 33 nitrogen and oxygen atoms in total. The lowest BCUT2D eigenvalue weighted by atomic mass is 9.93. The van der Waals surface area contributed by atoms with Crippen LogP contribution in [0.5, 0.6) is 0 Å². The van der Waals surface area contributed by atoms with Crippen LogP contribution in [0.3, 0.4) is 0 Å². The Kier molecular flexibility index (Phi) is 21.8. The maximum atomic E-state index is 12.7. The Balaban J connectivity index is 1.22. The zero-order chi connectivity index (χ0) is 55.5. The number of ether oxygens (including phenoxy) is 11. The molecule has 3 amide bonds. The first-order valence-electron chi connectivity index (χ1n) is 23.9. The topological polar surface area (TPSA) is 513 Å². The van der Waals surface area contributed by atoms with Gasteiger partial charge in [0.2, 0.25) is 17.7 Å². The van der Waals surface area contributed by atoms with Gasteiger partial charge in [0.25, 0.3) is 0 Å². The van der Waals surface area contributed by atoms with Crippen LogP contribution in [0, 0.1) is 0 Å². The highest BCUT2D eigenvalue weighted by Crippen LogP contribution is 2.36. The van der Waals surface area contributed by atoms with Gasteiger partial charge in [-0.25, -0.2) is 0 Å². The number of carbonyl (C=O) groups is 3. The van der Waals surface area contributed by atoms with Crippen LogP contribution in [-0.4, -0.2) is 317 Å². The Hall–Kier alpha value is -2.67. The predicted molar refractivity (Wildman–Crippen MR) is 233 cm³/mol. The molecule has 434 valence electrons. The van der Waals surface area contributed by atoms with Gasteiger partial charge in [0.1, 0.15) is 140 Å². The van der Waals surface area contributed by atoms with Gasteiger partial charge in [-0.15, -0.1) is 0 Å². The average molecular weight is 1100 g/mol. The molecule has 0 saturated carbocycles. The van der Waals surface area contributed by atoms with E-state index in [1.165, 1.54) is 6.92 Å². The van der Waals surface area contributed by atoms with E-state index in [0.717, 1.165) is 20.8 Å². The number of hydrogen-bond donors (Lipinski definition) is 19. The molecule has 6 rings (SSSR count). The quantitative estimate of drug-likeness (QED) is 0.0606. The Morgan fingerprint density at radius 2 is 0.773 bits per heavy atom. The van der Waals surface area contributed by atoms with Gasteiger partial charge in [-0.3, -0.25) is 14.4 Å². The predicted octanol–water partition coefficient (Wildman–Crippen LogP) is -12.6. The molecule has 6 aliphatic heterocycles. The van der Waals surface area contributed by atoms with Crippen molar-refractivity contribution in [2.45, 2.75) is 212 Å². The van der Waals surface area contributed by atoms with E-state index < -0.39 is 235 Å². The molecule has 19 N–H and O–H groups in total. The summed E-state index contributed by atoms with van der Waals surface area (Å²) < 4.78 is 64.0. The van der Waals surface area contributed by atoms with Gasteiger partial charge in [0.15, 0.2) is 37.7 Å². The number of hydrogen-bond acceptors (Lipinski definition) is 30. The summed E-state index contributed by atoms with van der Waals surface area (Å²) in [5.74, 6) is -2.34. The molecule has 33 heteroatoms. The molecule has 0 radical (unpaired) electrons. The van der Waals surface area contributed by atoms with E-state index in [1.54, 1.807) is 0 Å². The Morgan fingerprint density at radius 1 is 0.373 bits per heavy atom. The van der Waals surface area contributed by atoms with Gasteiger partial charge in [0.05, 0.1) is 39.1 Å². The summed E-state index contributed by atoms with van der Waals surface area (Å²) in [7, 11) is 0. The summed E-state index contributed by atoms with van der Waals surface area (Å²) in [6.07, 6.45) is -49.2. The lowest BCUT2D eigenvalue weighted by Gasteiger charge is -2.51. The normalized spacial score (nSPS) is 48.6. The minimum atomic E-state index is -2.16. The highest BCUT2D eigenvalue weighted by Gasteiger charge is 2.57. The Bertz CT molecular complexity index is 1850. The molecule has 0 aromatic carbocycles. The van der Waals surface area contributed by atoms with Gasteiger partial charge < -0.3 is 150 Å². The van der Waals surface area contributed by atoms with Crippen LogP contribution in [0.4, 0.5) is 0 Å². The van der Waals surface area contributed by atoms with E-state index in [9.17, 15) is 96.1 Å². The molecule has 0 spiro atoms. The summed E-state index contributed by atoms with van der Waals surface area (Å²) in [5.41, 5.74) is 0. The lowest BCUT2D eigenvalue weighted by molar-refractivity contribution is -0.378. The number of carbonyl (C=O) groups excluding carboxylic acids is 3. The second kappa shape index (κ2) is 26.5. The van der Waals surface area contributed by atoms with Crippen LogP contribution in [0.15, 0.2) is 0 Å². The highest BCUT2D eigenvalue weighted by molar-refractivity contribution is 5.74. The summed E-state index contributed by atoms with van der Waals surface area (Å²) in [4.78, 5) is 37.1. The molecule has 0 unspecified atom stereocenters. The third-order valence-electron chi connectivity index (χ3n) is 13.6. The van der Waals surface area contributed by atoms with Crippen LogP contribution < -0.4 is 16.0 Å². The van der Waals surface area contributed by atoms with E-state index >= 15 is 0 Å².